The third-order valence-electron chi connectivity index (χ3n) is 5.37. The second kappa shape index (κ2) is 11.2. The SMILES string of the molecule is CCN(c1ccccc1)S(=O)(=O)c1cccc(N=Nc2c(N)ccc3cc(S(=O)(=O)O)cc(O)c23)c1.[Na]. The Morgan fingerprint density at radius 1 is 0.865 bits per heavy atom. The van der Waals surface area contributed by atoms with Crippen LogP contribution in [-0.2, 0) is 20.1 Å². The number of phenols is 1. The van der Waals surface area contributed by atoms with Crippen LogP contribution in [0.25, 0.3) is 10.8 Å². The number of rotatable bonds is 7. The van der Waals surface area contributed by atoms with Gasteiger partial charge in [0, 0.05) is 42.2 Å². The number of aromatic hydroxyl groups is 1. The Labute approximate surface area is 236 Å². The number of hydrogen-bond acceptors (Lipinski definition) is 8. The van der Waals surface area contributed by atoms with Crippen LogP contribution in [0.3, 0.4) is 0 Å². The maximum Gasteiger partial charge on any atom is 0.294 e. The minimum atomic E-state index is -4.55. The number of hydrogen-bond donors (Lipinski definition) is 3. The zero-order valence-electron chi connectivity index (χ0n) is 20.0. The van der Waals surface area contributed by atoms with Crippen LogP contribution in [0.1, 0.15) is 6.92 Å². The molecule has 0 unspecified atom stereocenters. The summed E-state index contributed by atoms with van der Waals surface area (Å²) in [6.45, 7) is 1.95. The predicted molar refractivity (Wildman–Crippen MR) is 143 cm³/mol. The van der Waals surface area contributed by atoms with Crippen molar-refractivity contribution in [2.24, 2.45) is 10.2 Å². The fraction of sp³-hybridized carbons (Fsp3) is 0.0833. The summed E-state index contributed by atoms with van der Waals surface area (Å²) >= 11 is 0. The molecule has 0 aliphatic rings. The van der Waals surface area contributed by atoms with Gasteiger partial charge in [0.1, 0.15) is 11.4 Å². The van der Waals surface area contributed by atoms with E-state index < -0.39 is 30.8 Å². The van der Waals surface area contributed by atoms with Crippen LogP contribution in [0, 0.1) is 0 Å². The summed E-state index contributed by atoms with van der Waals surface area (Å²) in [5.74, 6) is -0.473. The van der Waals surface area contributed by atoms with Crippen LogP contribution in [-0.4, -0.2) is 62.6 Å². The first-order chi connectivity index (χ1) is 17.0. The number of azo groups is 1. The molecule has 0 amide bonds. The van der Waals surface area contributed by atoms with Crippen molar-refractivity contribution in [1.29, 1.82) is 0 Å². The number of sulfonamides is 1. The second-order valence-corrected chi connectivity index (χ2v) is 11.0. The molecule has 13 heteroatoms. The van der Waals surface area contributed by atoms with Gasteiger partial charge in [-0.3, -0.25) is 8.86 Å². The van der Waals surface area contributed by atoms with Crippen molar-refractivity contribution in [3.8, 4) is 5.75 Å². The molecule has 0 atom stereocenters. The minimum absolute atomic E-state index is 0. The Bertz CT molecular complexity index is 1700. The summed E-state index contributed by atoms with van der Waals surface area (Å²) in [6.07, 6.45) is 0. The molecule has 4 rings (SSSR count). The molecule has 0 heterocycles. The molecule has 0 bridgehead atoms. The van der Waals surface area contributed by atoms with Crippen molar-refractivity contribution >= 4 is 83.2 Å². The maximum absolute atomic E-state index is 13.3. The van der Waals surface area contributed by atoms with Gasteiger partial charge in [0.25, 0.3) is 20.1 Å². The first-order valence-corrected chi connectivity index (χ1v) is 13.5. The molecule has 0 saturated carbocycles. The third kappa shape index (κ3) is 5.95. The minimum Gasteiger partial charge on any atom is -0.507 e. The van der Waals surface area contributed by atoms with Crippen LogP contribution >= 0.6 is 0 Å². The van der Waals surface area contributed by atoms with Gasteiger partial charge in [-0.15, -0.1) is 5.11 Å². The van der Waals surface area contributed by atoms with Crippen molar-refractivity contribution in [3.63, 3.8) is 0 Å². The number of benzene rings is 4. The van der Waals surface area contributed by atoms with Crippen molar-refractivity contribution < 1.29 is 26.5 Å². The van der Waals surface area contributed by atoms with Gasteiger partial charge in [0.2, 0.25) is 0 Å². The Balaban J connectivity index is 0.00000380. The summed E-state index contributed by atoms with van der Waals surface area (Å²) < 4.78 is 60.2. The standard InChI is InChI=1S/C24H22N4O6S2.Na/c1-2-28(18-8-4-3-5-9-18)35(30,31)19-10-6-7-17(14-19)26-27-24-21(25)12-11-16-13-20(36(32,33)34)15-22(29)23(16)24;/h3-15,29H,2,25H2,1H3,(H,32,33,34);. The van der Waals surface area contributed by atoms with E-state index in [-0.39, 0.29) is 68.8 Å². The van der Waals surface area contributed by atoms with Crippen molar-refractivity contribution in [3.05, 3.63) is 78.9 Å². The maximum atomic E-state index is 13.3. The van der Waals surface area contributed by atoms with Crippen molar-refractivity contribution in [1.82, 2.24) is 0 Å². The fourth-order valence-electron chi connectivity index (χ4n) is 3.70. The second-order valence-electron chi connectivity index (χ2n) is 7.72. The van der Waals surface area contributed by atoms with Gasteiger partial charge in [-0.05, 0) is 54.8 Å². The summed E-state index contributed by atoms with van der Waals surface area (Å²) in [5, 5.41) is 19.1. The van der Waals surface area contributed by atoms with Crippen LogP contribution in [0.4, 0.5) is 22.7 Å². The number of anilines is 2. The largest absolute Gasteiger partial charge is 0.507 e. The van der Waals surface area contributed by atoms with Gasteiger partial charge in [-0.1, -0.05) is 30.3 Å². The first kappa shape index (κ1) is 28.6. The molecule has 0 aromatic heterocycles. The molecular weight excluding hydrogens is 527 g/mol. The molecule has 1 radical (unpaired) electrons. The van der Waals surface area contributed by atoms with Crippen LogP contribution in [0.2, 0.25) is 0 Å². The summed E-state index contributed by atoms with van der Waals surface area (Å²) in [6, 6.07) is 19.6. The third-order valence-corrected chi connectivity index (χ3v) is 8.10. The van der Waals surface area contributed by atoms with E-state index in [9.17, 15) is 26.5 Å². The molecule has 0 saturated heterocycles. The fourth-order valence-corrected chi connectivity index (χ4v) is 5.75. The number of nitrogen functional groups attached to an aromatic ring is 1. The smallest absolute Gasteiger partial charge is 0.294 e. The zero-order chi connectivity index (χ0) is 26.1. The number of nitrogens with zero attached hydrogens (tertiary/aromatic N) is 3. The topological polar surface area (TPSA) is 163 Å². The number of phenolic OH excluding ortho intramolecular Hbond substituents is 1. The van der Waals surface area contributed by atoms with E-state index in [1.54, 1.807) is 43.3 Å². The number of para-hydroxylation sites is 1. The van der Waals surface area contributed by atoms with Crippen molar-refractivity contribution in [2.45, 2.75) is 16.7 Å². The molecule has 0 aliphatic heterocycles. The monoisotopic (exact) mass is 549 g/mol. The average Bonchev–Trinajstić information content (AvgIpc) is 2.84. The van der Waals surface area contributed by atoms with Crippen LogP contribution < -0.4 is 10.0 Å². The van der Waals surface area contributed by atoms with E-state index in [2.05, 4.69) is 10.2 Å². The molecule has 4 aromatic rings. The van der Waals surface area contributed by atoms with Gasteiger partial charge < -0.3 is 10.8 Å². The predicted octanol–water partition coefficient (Wildman–Crippen LogP) is 4.62. The molecule has 187 valence electrons. The quantitative estimate of drug-likeness (QED) is 0.131. The molecule has 4 aromatic carbocycles. The van der Waals surface area contributed by atoms with E-state index >= 15 is 0 Å². The Hall–Kier alpha value is -3.00. The summed E-state index contributed by atoms with van der Waals surface area (Å²) in [4.78, 5) is -0.479. The molecular formula is C24H22N4NaO6S2. The van der Waals surface area contributed by atoms with Gasteiger partial charge in [0.15, 0.2) is 0 Å². The Morgan fingerprint density at radius 2 is 1.57 bits per heavy atom. The van der Waals surface area contributed by atoms with E-state index in [0.29, 0.717) is 5.69 Å². The Kier molecular flexibility index (Phi) is 8.63. The molecule has 0 fully saturated rings. The summed E-state index contributed by atoms with van der Waals surface area (Å²) in [5.41, 5.74) is 6.97. The first-order valence-electron chi connectivity index (χ1n) is 10.6. The molecule has 0 spiro atoms. The number of fused-ring (bicyclic) bond motifs is 1. The van der Waals surface area contributed by atoms with Crippen molar-refractivity contribution in [2.75, 3.05) is 16.6 Å². The van der Waals surface area contributed by atoms with E-state index in [4.69, 9.17) is 5.73 Å². The van der Waals surface area contributed by atoms with Gasteiger partial charge in [-0.25, -0.2) is 8.42 Å². The van der Waals surface area contributed by atoms with Gasteiger partial charge in [-0.2, -0.15) is 13.5 Å². The molecule has 37 heavy (non-hydrogen) atoms. The Morgan fingerprint density at radius 3 is 2.22 bits per heavy atom. The number of nitrogens with two attached hydrogens (primary N) is 1. The van der Waals surface area contributed by atoms with E-state index in [1.165, 1.54) is 40.7 Å². The van der Waals surface area contributed by atoms with Crippen LogP contribution in [0.15, 0.2) is 98.9 Å². The van der Waals surface area contributed by atoms with Crippen LogP contribution in [0.5, 0.6) is 5.75 Å². The normalized spacial score (nSPS) is 11.9. The molecule has 0 aliphatic carbocycles. The van der Waals surface area contributed by atoms with Gasteiger partial charge >= 0.3 is 0 Å². The zero-order valence-corrected chi connectivity index (χ0v) is 23.6. The van der Waals surface area contributed by atoms with Gasteiger partial charge in [0.05, 0.1) is 32.2 Å². The summed E-state index contributed by atoms with van der Waals surface area (Å²) in [7, 11) is -8.44. The molecule has 10 nitrogen and oxygen atoms in total. The molecule has 4 N–H and O–H groups in total. The van der Waals surface area contributed by atoms with E-state index in [1.807, 2.05) is 0 Å². The van der Waals surface area contributed by atoms with E-state index in [0.717, 1.165) is 6.07 Å². The average molecular weight is 550 g/mol.